The Morgan fingerprint density at radius 1 is 1.43 bits per heavy atom. The number of amides is 1. The molecule has 1 amide bonds. The van der Waals surface area contributed by atoms with E-state index in [1.54, 1.807) is 0 Å². The molecule has 1 aromatic carbocycles. The molecule has 2 heterocycles. The fraction of sp³-hybridized carbons (Fsp3) is 0.385. The van der Waals surface area contributed by atoms with E-state index < -0.39 is 0 Å². The van der Waals surface area contributed by atoms with Gasteiger partial charge in [-0.1, -0.05) is 6.07 Å². The normalized spacial score (nSPS) is 18.1. The highest BCUT2D eigenvalue weighted by Crippen LogP contribution is 2.14. The summed E-state index contributed by atoms with van der Waals surface area (Å²) < 4.78 is 1.54. The Labute approximate surface area is 128 Å². The lowest BCUT2D eigenvalue weighted by atomic mass is 10.1. The first-order valence-electron chi connectivity index (χ1n) is 6.61. The molecule has 1 fully saturated rings. The number of hydrogen-bond donors (Lipinski definition) is 1. The summed E-state index contributed by atoms with van der Waals surface area (Å²) in [5.41, 5.74) is 1.44. The average molecular weight is 309 g/mol. The second-order valence-corrected chi connectivity index (χ2v) is 4.86. The first-order chi connectivity index (χ1) is 9.75. The van der Waals surface area contributed by atoms with Crippen LogP contribution in [0, 0.1) is 0 Å². The number of nitrogens with zero attached hydrogens (tertiary/aromatic N) is 5. The minimum Gasteiger partial charge on any atom is -0.333 e. The van der Waals surface area contributed by atoms with Crippen LogP contribution in [0.4, 0.5) is 0 Å². The van der Waals surface area contributed by atoms with Crippen molar-refractivity contribution in [1.29, 1.82) is 0 Å². The third-order valence-corrected chi connectivity index (χ3v) is 3.47. The van der Waals surface area contributed by atoms with Crippen molar-refractivity contribution in [2.24, 2.45) is 0 Å². The highest BCUT2D eigenvalue weighted by atomic mass is 35.5. The minimum absolute atomic E-state index is 0. The standard InChI is InChI=1S/C13H16N6O.ClH/c1-10-8-14-5-6-18(10)13(20)11-3-2-4-12(7-11)19-9-15-16-17-19;/h2-4,7,9-10,14H,5-6,8H2,1H3;1H. The number of aromatic nitrogens is 4. The molecule has 1 unspecified atom stereocenters. The van der Waals surface area contributed by atoms with E-state index >= 15 is 0 Å². The molecule has 3 rings (SSSR count). The second-order valence-electron chi connectivity index (χ2n) is 4.86. The molecule has 7 nitrogen and oxygen atoms in total. The van der Waals surface area contributed by atoms with Gasteiger partial charge in [-0.05, 0) is 35.5 Å². The number of nitrogens with one attached hydrogen (secondary N) is 1. The lowest BCUT2D eigenvalue weighted by Crippen LogP contribution is -2.52. The van der Waals surface area contributed by atoms with Gasteiger partial charge in [0.25, 0.3) is 5.91 Å². The van der Waals surface area contributed by atoms with Crippen LogP contribution >= 0.6 is 12.4 Å². The van der Waals surface area contributed by atoms with E-state index in [9.17, 15) is 4.79 Å². The zero-order valence-electron chi connectivity index (χ0n) is 11.6. The molecular weight excluding hydrogens is 292 g/mol. The molecule has 1 aromatic heterocycles. The number of piperazine rings is 1. The maximum absolute atomic E-state index is 12.6. The molecule has 2 aromatic rings. The molecule has 0 bridgehead atoms. The van der Waals surface area contributed by atoms with E-state index in [1.807, 2.05) is 29.2 Å². The predicted octanol–water partition coefficient (Wildman–Crippen LogP) is 0.518. The maximum atomic E-state index is 12.6. The van der Waals surface area contributed by atoms with Crippen LogP contribution in [0.25, 0.3) is 5.69 Å². The monoisotopic (exact) mass is 308 g/mol. The Hall–Kier alpha value is -1.99. The summed E-state index contributed by atoms with van der Waals surface area (Å²) in [5, 5.41) is 14.3. The number of benzene rings is 1. The largest absolute Gasteiger partial charge is 0.333 e. The zero-order valence-corrected chi connectivity index (χ0v) is 12.5. The number of carbonyl (C=O) groups excluding carboxylic acids is 1. The first kappa shape index (κ1) is 15.4. The predicted molar refractivity (Wildman–Crippen MR) is 79.8 cm³/mol. The smallest absolute Gasteiger partial charge is 0.254 e. The summed E-state index contributed by atoms with van der Waals surface area (Å²) in [7, 11) is 0. The molecule has 8 heteroatoms. The summed E-state index contributed by atoms with van der Waals surface area (Å²) >= 11 is 0. The summed E-state index contributed by atoms with van der Waals surface area (Å²) in [4.78, 5) is 14.5. The number of carbonyl (C=O) groups is 1. The lowest BCUT2D eigenvalue weighted by Gasteiger charge is -2.34. The van der Waals surface area contributed by atoms with Gasteiger partial charge in [-0.3, -0.25) is 4.79 Å². The van der Waals surface area contributed by atoms with Gasteiger partial charge in [-0.15, -0.1) is 17.5 Å². The third-order valence-electron chi connectivity index (χ3n) is 3.47. The van der Waals surface area contributed by atoms with Gasteiger partial charge in [0.05, 0.1) is 5.69 Å². The van der Waals surface area contributed by atoms with Crippen molar-refractivity contribution < 1.29 is 4.79 Å². The van der Waals surface area contributed by atoms with Crippen molar-refractivity contribution in [2.45, 2.75) is 13.0 Å². The topological polar surface area (TPSA) is 75.9 Å². The molecule has 1 atom stereocenters. The van der Waals surface area contributed by atoms with E-state index in [1.165, 1.54) is 11.0 Å². The molecule has 1 aliphatic rings. The van der Waals surface area contributed by atoms with Crippen molar-refractivity contribution in [3.05, 3.63) is 36.2 Å². The molecule has 1 aliphatic heterocycles. The molecule has 0 radical (unpaired) electrons. The zero-order chi connectivity index (χ0) is 13.9. The van der Waals surface area contributed by atoms with Crippen LogP contribution in [0.15, 0.2) is 30.6 Å². The lowest BCUT2D eigenvalue weighted by molar-refractivity contribution is 0.0655. The second kappa shape index (κ2) is 6.64. The summed E-state index contributed by atoms with van der Waals surface area (Å²) in [6, 6.07) is 7.55. The molecule has 112 valence electrons. The minimum atomic E-state index is 0. The Balaban J connectivity index is 0.00000161. The van der Waals surface area contributed by atoms with Crippen LogP contribution in [0.2, 0.25) is 0 Å². The van der Waals surface area contributed by atoms with Gasteiger partial charge >= 0.3 is 0 Å². The van der Waals surface area contributed by atoms with Gasteiger partial charge in [-0.2, -0.15) is 0 Å². The van der Waals surface area contributed by atoms with Gasteiger partial charge in [-0.25, -0.2) is 4.68 Å². The van der Waals surface area contributed by atoms with E-state index in [-0.39, 0.29) is 24.4 Å². The van der Waals surface area contributed by atoms with Crippen molar-refractivity contribution in [2.75, 3.05) is 19.6 Å². The van der Waals surface area contributed by atoms with Crippen LogP contribution in [0.1, 0.15) is 17.3 Å². The van der Waals surface area contributed by atoms with Crippen LogP contribution in [-0.4, -0.2) is 56.7 Å². The van der Waals surface area contributed by atoms with E-state index in [4.69, 9.17) is 0 Å². The fourth-order valence-corrected chi connectivity index (χ4v) is 2.37. The highest BCUT2D eigenvalue weighted by molar-refractivity contribution is 5.95. The quantitative estimate of drug-likeness (QED) is 0.875. The van der Waals surface area contributed by atoms with E-state index in [2.05, 4.69) is 27.8 Å². The van der Waals surface area contributed by atoms with Gasteiger partial charge in [0, 0.05) is 31.2 Å². The molecule has 0 aliphatic carbocycles. The average Bonchev–Trinajstić information content (AvgIpc) is 3.01. The molecule has 0 saturated carbocycles. The van der Waals surface area contributed by atoms with Crippen molar-refractivity contribution in [1.82, 2.24) is 30.4 Å². The van der Waals surface area contributed by atoms with Crippen molar-refractivity contribution >= 4 is 18.3 Å². The number of tetrazole rings is 1. The number of rotatable bonds is 2. The summed E-state index contributed by atoms with van der Waals surface area (Å²) in [5.74, 6) is 0.0499. The molecule has 1 saturated heterocycles. The Bertz CT molecular complexity index is 602. The highest BCUT2D eigenvalue weighted by Gasteiger charge is 2.24. The van der Waals surface area contributed by atoms with Crippen LogP contribution < -0.4 is 5.32 Å². The molecule has 0 spiro atoms. The molecule has 21 heavy (non-hydrogen) atoms. The summed E-state index contributed by atoms with van der Waals surface area (Å²) in [6.45, 7) is 4.45. The Morgan fingerprint density at radius 3 is 3.00 bits per heavy atom. The SMILES string of the molecule is CC1CNCCN1C(=O)c1cccc(-n2cnnn2)c1.Cl. The number of halogens is 1. The van der Waals surface area contributed by atoms with Gasteiger partial charge in [0.2, 0.25) is 0 Å². The van der Waals surface area contributed by atoms with Gasteiger partial charge in [0.1, 0.15) is 6.33 Å². The van der Waals surface area contributed by atoms with Crippen LogP contribution in [0.3, 0.4) is 0 Å². The van der Waals surface area contributed by atoms with Crippen LogP contribution in [-0.2, 0) is 0 Å². The Kier molecular flexibility index (Phi) is 4.87. The number of hydrogen-bond acceptors (Lipinski definition) is 5. The van der Waals surface area contributed by atoms with Gasteiger partial charge < -0.3 is 10.2 Å². The maximum Gasteiger partial charge on any atom is 0.254 e. The Morgan fingerprint density at radius 2 is 2.29 bits per heavy atom. The molecule has 1 N–H and O–H groups in total. The van der Waals surface area contributed by atoms with Gasteiger partial charge in [0.15, 0.2) is 0 Å². The van der Waals surface area contributed by atoms with Crippen molar-refractivity contribution in [3.63, 3.8) is 0 Å². The van der Waals surface area contributed by atoms with Crippen molar-refractivity contribution in [3.8, 4) is 5.69 Å². The fourth-order valence-electron chi connectivity index (χ4n) is 2.37. The van der Waals surface area contributed by atoms with E-state index in [0.29, 0.717) is 5.56 Å². The molecular formula is C13H17ClN6O. The third kappa shape index (κ3) is 3.20. The first-order valence-corrected chi connectivity index (χ1v) is 6.61. The van der Waals surface area contributed by atoms with E-state index in [0.717, 1.165) is 25.3 Å². The summed E-state index contributed by atoms with van der Waals surface area (Å²) in [6.07, 6.45) is 1.51. The van der Waals surface area contributed by atoms with Crippen LogP contribution in [0.5, 0.6) is 0 Å².